The number of esters is 2. The normalized spacial score (nSPS) is 12.7. The zero-order valence-electron chi connectivity index (χ0n) is 42.3. The Balaban J connectivity index is 3.42. The Morgan fingerprint density at radius 2 is 0.672 bits per heavy atom. The lowest BCUT2D eigenvalue weighted by molar-refractivity contribution is -0.161. The van der Waals surface area contributed by atoms with E-state index in [9.17, 15) is 14.7 Å². The lowest BCUT2D eigenvalue weighted by atomic mass is 10.0. The minimum absolute atomic E-state index is 0.0619. The van der Waals surface area contributed by atoms with Crippen molar-refractivity contribution in [3.05, 3.63) is 72.9 Å². The predicted molar refractivity (Wildman–Crippen MR) is 279 cm³/mol. The summed E-state index contributed by atoms with van der Waals surface area (Å²) in [5.74, 6) is -0.581. The molecule has 0 aliphatic rings. The molecule has 0 amide bonds. The van der Waals surface area contributed by atoms with Crippen molar-refractivity contribution in [2.24, 2.45) is 0 Å². The van der Waals surface area contributed by atoms with Gasteiger partial charge in [0.25, 0.3) is 0 Å². The third-order valence-corrected chi connectivity index (χ3v) is 12.0. The Labute approximate surface area is 397 Å². The Hall–Kier alpha value is -2.66. The summed E-state index contributed by atoms with van der Waals surface area (Å²) in [6.45, 7) is 4.03. The van der Waals surface area contributed by atoms with Crippen molar-refractivity contribution in [3.63, 3.8) is 0 Å². The predicted octanol–water partition coefficient (Wildman–Crippen LogP) is 18.4. The topological polar surface area (TPSA) is 72.8 Å². The van der Waals surface area contributed by atoms with Crippen molar-refractivity contribution in [3.8, 4) is 0 Å². The van der Waals surface area contributed by atoms with Crippen molar-refractivity contribution in [1.82, 2.24) is 0 Å². The second-order valence-corrected chi connectivity index (χ2v) is 18.3. The van der Waals surface area contributed by atoms with Crippen LogP contribution in [0.5, 0.6) is 0 Å². The SMILES string of the molecule is CC/C=C\C/C=C\C/C=C\C/C=C\C/C=C\C/C=C\CCCCCCCCCCCCCCCCCCCCCCC(=O)OC(CO)COC(=O)CCCCCCCCCCCCC. The molecule has 0 aromatic heterocycles. The Bertz CT molecular complexity index is 1150. The van der Waals surface area contributed by atoms with Crippen LogP contribution in [0.3, 0.4) is 0 Å². The van der Waals surface area contributed by atoms with Gasteiger partial charge in [-0.1, -0.05) is 267 Å². The maximum Gasteiger partial charge on any atom is 0.306 e. The van der Waals surface area contributed by atoms with Crippen molar-refractivity contribution in [2.45, 2.75) is 277 Å². The summed E-state index contributed by atoms with van der Waals surface area (Å²) in [6, 6.07) is 0. The second kappa shape index (κ2) is 54.7. The van der Waals surface area contributed by atoms with Gasteiger partial charge in [-0.15, -0.1) is 0 Å². The Kier molecular flexibility index (Phi) is 52.4. The summed E-state index contributed by atoms with van der Waals surface area (Å²) in [4.78, 5) is 24.4. The number of allylic oxidation sites excluding steroid dienone is 12. The van der Waals surface area contributed by atoms with Gasteiger partial charge >= 0.3 is 11.9 Å². The fourth-order valence-corrected chi connectivity index (χ4v) is 7.91. The van der Waals surface area contributed by atoms with Crippen molar-refractivity contribution in [1.29, 1.82) is 0 Å². The van der Waals surface area contributed by atoms with Crippen LogP contribution in [-0.4, -0.2) is 36.4 Å². The highest BCUT2D eigenvalue weighted by Gasteiger charge is 2.16. The van der Waals surface area contributed by atoms with Crippen LogP contribution in [0.4, 0.5) is 0 Å². The molecule has 0 rings (SSSR count). The van der Waals surface area contributed by atoms with Crippen LogP contribution in [0.1, 0.15) is 271 Å². The molecule has 0 aliphatic heterocycles. The van der Waals surface area contributed by atoms with E-state index < -0.39 is 6.10 Å². The average Bonchev–Trinajstić information content (AvgIpc) is 3.30. The largest absolute Gasteiger partial charge is 0.462 e. The number of rotatable bonds is 50. The summed E-state index contributed by atoms with van der Waals surface area (Å²) in [5, 5.41) is 9.60. The lowest BCUT2D eigenvalue weighted by Crippen LogP contribution is -2.28. The number of carbonyl (C=O) groups is 2. The number of hydrogen-bond acceptors (Lipinski definition) is 5. The molecule has 5 nitrogen and oxygen atoms in total. The zero-order chi connectivity index (χ0) is 46.3. The molecule has 1 unspecified atom stereocenters. The summed E-state index contributed by atoms with van der Waals surface area (Å²) in [6.07, 6.45) is 74.6. The van der Waals surface area contributed by atoms with Crippen molar-refractivity contribution < 1.29 is 24.2 Å². The van der Waals surface area contributed by atoms with Gasteiger partial charge in [0.1, 0.15) is 6.61 Å². The van der Waals surface area contributed by atoms with E-state index in [1.165, 1.54) is 167 Å². The number of carbonyl (C=O) groups excluding carboxylic acids is 2. The third-order valence-electron chi connectivity index (χ3n) is 12.0. The van der Waals surface area contributed by atoms with Gasteiger partial charge in [-0.2, -0.15) is 0 Å². The summed E-state index contributed by atoms with van der Waals surface area (Å²) >= 11 is 0. The van der Waals surface area contributed by atoms with E-state index in [0.717, 1.165) is 77.0 Å². The molecule has 370 valence electrons. The molecule has 64 heavy (non-hydrogen) atoms. The molecule has 0 saturated carbocycles. The monoisotopic (exact) mass is 893 g/mol. The van der Waals surface area contributed by atoms with Crippen LogP contribution >= 0.6 is 0 Å². The lowest BCUT2D eigenvalue weighted by Gasteiger charge is -2.15. The van der Waals surface area contributed by atoms with E-state index in [1.807, 2.05) is 0 Å². The van der Waals surface area contributed by atoms with Crippen molar-refractivity contribution in [2.75, 3.05) is 13.2 Å². The number of hydrogen-bond donors (Lipinski definition) is 1. The third kappa shape index (κ3) is 52.0. The molecule has 5 heteroatoms. The number of ether oxygens (including phenoxy) is 2. The van der Waals surface area contributed by atoms with E-state index in [1.54, 1.807) is 0 Å². The summed E-state index contributed by atoms with van der Waals surface area (Å²) in [5.41, 5.74) is 0. The summed E-state index contributed by atoms with van der Waals surface area (Å²) < 4.78 is 10.7. The van der Waals surface area contributed by atoms with E-state index in [-0.39, 0.29) is 25.2 Å². The quantitative estimate of drug-likeness (QED) is 0.0374. The minimum Gasteiger partial charge on any atom is -0.462 e. The molecule has 0 saturated heterocycles. The first-order valence-corrected chi connectivity index (χ1v) is 27.5. The highest BCUT2D eigenvalue weighted by atomic mass is 16.6. The number of aliphatic hydroxyl groups is 1. The number of aliphatic hydroxyl groups excluding tert-OH is 1. The van der Waals surface area contributed by atoms with E-state index in [4.69, 9.17) is 9.47 Å². The molecular weight excluding hydrogens is 789 g/mol. The van der Waals surface area contributed by atoms with Gasteiger partial charge in [0.15, 0.2) is 6.10 Å². The maximum absolute atomic E-state index is 12.3. The molecule has 1 atom stereocenters. The minimum atomic E-state index is -0.768. The van der Waals surface area contributed by atoms with Gasteiger partial charge in [0, 0.05) is 12.8 Å². The molecule has 0 aromatic carbocycles. The zero-order valence-corrected chi connectivity index (χ0v) is 42.3. The Morgan fingerprint density at radius 1 is 0.375 bits per heavy atom. The first-order chi connectivity index (χ1) is 31.6. The molecule has 0 fully saturated rings. The van der Waals surface area contributed by atoms with Gasteiger partial charge in [0.2, 0.25) is 0 Å². The van der Waals surface area contributed by atoms with E-state index in [0.29, 0.717) is 12.8 Å². The number of unbranched alkanes of at least 4 members (excludes halogenated alkanes) is 30. The highest BCUT2D eigenvalue weighted by Crippen LogP contribution is 2.16. The van der Waals surface area contributed by atoms with Crippen molar-refractivity contribution >= 4 is 11.9 Å². The van der Waals surface area contributed by atoms with Gasteiger partial charge in [-0.25, -0.2) is 0 Å². The molecule has 0 bridgehead atoms. The standard InChI is InChI=1S/C59H104O5/c1-3-5-7-9-11-13-15-16-17-18-19-20-21-22-23-24-25-26-27-28-29-30-31-32-33-34-35-36-37-38-39-40-41-42-44-46-48-50-52-54-59(62)64-57(55-60)56-63-58(61)53-51-49-47-45-43-14-12-10-8-6-4-2/h5,7,11,13,16-17,19-20,22-23,25-26,57,60H,3-4,6,8-10,12,14-15,18,21,24,27-56H2,1-2H3/b7-5-,13-11-,17-16-,20-19-,23-22-,26-25-. The molecule has 0 radical (unpaired) electrons. The molecule has 0 aliphatic carbocycles. The highest BCUT2D eigenvalue weighted by molar-refractivity contribution is 5.70. The van der Waals surface area contributed by atoms with Gasteiger partial charge in [0.05, 0.1) is 6.61 Å². The molecule has 0 spiro atoms. The Morgan fingerprint density at radius 3 is 1.02 bits per heavy atom. The smallest absolute Gasteiger partial charge is 0.306 e. The van der Waals surface area contributed by atoms with Crippen LogP contribution in [0, 0.1) is 0 Å². The summed E-state index contributed by atoms with van der Waals surface area (Å²) in [7, 11) is 0. The van der Waals surface area contributed by atoms with Crippen LogP contribution < -0.4 is 0 Å². The molecule has 0 aromatic rings. The van der Waals surface area contributed by atoms with Gasteiger partial charge in [-0.05, 0) is 64.2 Å². The van der Waals surface area contributed by atoms with Gasteiger partial charge in [-0.3, -0.25) is 9.59 Å². The van der Waals surface area contributed by atoms with E-state index in [2.05, 4.69) is 86.8 Å². The van der Waals surface area contributed by atoms with Crippen LogP contribution in [-0.2, 0) is 19.1 Å². The van der Waals surface area contributed by atoms with E-state index >= 15 is 0 Å². The maximum atomic E-state index is 12.3. The fraction of sp³-hybridized carbons (Fsp3) is 0.763. The first kappa shape index (κ1) is 61.3. The molecular formula is C59H104O5. The molecule has 0 heterocycles. The second-order valence-electron chi connectivity index (χ2n) is 18.3. The first-order valence-electron chi connectivity index (χ1n) is 27.5. The molecule has 1 N–H and O–H groups in total. The average molecular weight is 893 g/mol. The van der Waals surface area contributed by atoms with Crippen LogP contribution in [0.25, 0.3) is 0 Å². The fourth-order valence-electron chi connectivity index (χ4n) is 7.91. The van der Waals surface area contributed by atoms with Crippen LogP contribution in [0.2, 0.25) is 0 Å². The van der Waals surface area contributed by atoms with Gasteiger partial charge < -0.3 is 14.6 Å². The van der Waals surface area contributed by atoms with Crippen LogP contribution in [0.15, 0.2) is 72.9 Å².